The molecule has 1 saturated carbocycles. The van der Waals surface area contributed by atoms with E-state index >= 15 is 0 Å². The van der Waals surface area contributed by atoms with Crippen LogP contribution in [0.15, 0.2) is 28.7 Å². The van der Waals surface area contributed by atoms with Gasteiger partial charge in [0.15, 0.2) is 0 Å². The smallest absolute Gasteiger partial charge is 0.325 e. The number of nitrogens with zero attached hydrogens (tertiary/aromatic N) is 1. The number of imide groups is 1. The number of halogens is 1. The van der Waals surface area contributed by atoms with Crippen LogP contribution in [0.3, 0.4) is 0 Å². The second kappa shape index (κ2) is 6.49. The van der Waals surface area contributed by atoms with Crippen molar-refractivity contribution in [1.82, 2.24) is 10.2 Å². The van der Waals surface area contributed by atoms with Crippen molar-refractivity contribution in [3.05, 3.63) is 28.7 Å². The molecule has 1 atom stereocenters. The molecule has 2 aliphatic rings. The van der Waals surface area contributed by atoms with E-state index in [1.165, 1.54) is 0 Å². The summed E-state index contributed by atoms with van der Waals surface area (Å²) >= 11 is 3.33. The fourth-order valence-corrected chi connectivity index (χ4v) is 3.41. The van der Waals surface area contributed by atoms with Crippen LogP contribution in [-0.4, -0.2) is 46.7 Å². The second-order valence-electron chi connectivity index (χ2n) is 6.05. The lowest BCUT2D eigenvalue weighted by atomic mass is 9.98. The number of ether oxygens (including phenoxy) is 1. The van der Waals surface area contributed by atoms with Gasteiger partial charge in [-0.2, -0.15) is 0 Å². The molecule has 6 nitrogen and oxygen atoms in total. The van der Waals surface area contributed by atoms with E-state index in [4.69, 9.17) is 4.74 Å². The molecule has 3 amide bonds. The van der Waals surface area contributed by atoms with Crippen LogP contribution in [0.4, 0.5) is 4.79 Å². The normalized spacial score (nSPS) is 20.9. The number of nitrogens with one attached hydrogen (secondary N) is 1. The predicted octanol–water partition coefficient (Wildman–Crippen LogP) is 2.05. The molecule has 2 N–H and O–H groups in total. The van der Waals surface area contributed by atoms with Crippen LogP contribution in [0.25, 0.3) is 0 Å². The molecule has 1 aliphatic carbocycles. The lowest BCUT2D eigenvalue weighted by Gasteiger charge is -2.21. The first-order chi connectivity index (χ1) is 11.0. The number of hydrogen-bond donors (Lipinski definition) is 2. The van der Waals surface area contributed by atoms with Crippen molar-refractivity contribution in [3.63, 3.8) is 0 Å². The third-order valence-electron chi connectivity index (χ3n) is 4.35. The van der Waals surface area contributed by atoms with Crippen molar-refractivity contribution in [3.8, 4) is 5.75 Å². The average Bonchev–Trinajstić information content (AvgIpc) is 3.08. The number of carbonyl (C=O) groups excluding carboxylic acids is 2. The van der Waals surface area contributed by atoms with Crippen LogP contribution in [0, 0.1) is 0 Å². The Labute approximate surface area is 142 Å². The number of amides is 3. The van der Waals surface area contributed by atoms with E-state index in [0.29, 0.717) is 18.6 Å². The molecule has 2 fully saturated rings. The van der Waals surface area contributed by atoms with Crippen molar-refractivity contribution < 1.29 is 19.4 Å². The van der Waals surface area contributed by atoms with Crippen LogP contribution in [0.2, 0.25) is 0 Å². The highest BCUT2D eigenvalue weighted by Crippen LogP contribution is 2.35. The average molecular weight is 383 g/mol. The van der Waals surface area contributed by atoms with Gasteiger partial charge in [0.05, 0.1) is 6.54 Å². The number of hydrogen-bond acceptors (Lipinski definition) is 4. The highest BCUT2D eigenvalue weighted by atomic mass is 79.9. The Bertz CT molecular complexity index is 599. The van der Waals surface area contributed by atoms with Crippen molar-refractivity contribution >= 4 is 27.9 Å². The van der Waals surface area contributed by atoms with Gasteiger partial charge in [-0.25, -0.2) is 4.79 Å². The van der Waals surface area contributed by atoms with Crippen LogP contribution < -0.4 is 10.1 Å². The monoisotopic (exact) mass is 382 g/mol. The zero-order chi connectivity index (χ0) is 16.4. The first kappa shape index (κ1) is 16.3. The van der Waals surface area contributed by atoms with E-state index in [1.807, 2.05) is 12.1 Å². The van der Waals surface area contributed by atoms with E-state index < -0.39 is 17.7 Å². The third kappa shape index (κ3) is 3.35. The molecule has 3 rings (SSSR count). The maximum atomic E-state index is 12.5. The summed E-state index contributed by atoms with van der Waals surface area (Å²) < 4.78 is 6.42. The number of rotatable bonds is 5. The molecule has 0 aromatic heterocycles. The van der Waals surface area contributed by atoms with E-state index in [-0.39, 0.29) is 19.1 Å². The Hall–Kier alpha value is -1.60. The maximum Gasteiger partial charge on any atom is 0.325 e. The number of β-amino-alcohol motifs (C(OH)–C–C–N with tert-alkyl or cyclic N) is 1. The molecule has 1 heterocycles. The van der Waals surface area contributed by atoms with Gasteiger partial charge in [0.2, 0.25) is 0 Å². The van der Waals surface area contributed by atoms with Gasteiger partial charge in [0.1, 0.15) is 24.0 Å². The quantitative estimate of drug-likeness (QED) is 0.763. The molecule has 1 spiro atoms. The van der Waals surface area contributed by atoms with Gasteiger partial charge in [-0.05, 0) is 37.1 Å². The highest BCUT2D eigenvalue weighted by Gasteiger charge is 2.52. The lowest BCUT2D eigenvalue weighted by molar-refractivity contribution is -0.132. The Morgan fingerprint density at radius 2 is 1.91 bits per heavy atom. The van der Waals surface area contributed by atoms with Crippen LogP contribution >= 0.6 is 15.9 Å². The van der Waals surface area contributed by atoms with Crippen molar-refractivity contribution in [2.24, 2.45) is 0 Å². The van der Waals surface area contributed by atoms with Crippen molar-refractivity contribution in [2.45, 2.75) is 37.3 Å². The maximum absolute atomic E-state index is 12.5. The van der Waals surface area contributed by atoms with Crippen LogP contribution in [0.1, 0.15) is 25.7 Å². The number of urea groups is 1. The number of aliphatic hydroxyl groups is 1. The summed E-state index contributed by atoms with van der Waals surface area (Å²) in [6.45, 7) is -0.0331. The molecule has 124 valence electrons. The number of benzene rings is 1. The second-order valence-corrected chi connectivity index (χ2v) is 6.97. The topological polar surface area (TPSA) is 78.9 Å². The Kier molecular flexibility index (Phi) is 4.59. The molecule has 0 radical (unpaired) electrons. The third-order valence-corrected chi connectivity index (χ3v) is 4.88. The van der Waals surface area contributed by atoms with E-state index in [0.717, 1.165) is 22.2 Å². The minimum atomic E-state index is -0.926. The van der Waals surface area contributed by atoms with Gasteiger partial charge >= 0.3 is 6.03 Å². The molecule has 1 aromatic rings. The van der Waals surface area contributed by atoms with E-state index in [2.05, 4.69) is 21.2 Å². The summed E-state index contributed by atoms with van der Waals surface area (Å²) in [7, 11) is 0. The fourth-order valence-electron chi connectivity index (χ4n) is 3.15. The van der Waals surface area contributed by atoms with Crippen LogP contribution in [-0.2, 0) is 4.79 Å². The number of aliphatic hydroxyl groups excluding tert-OH is 1. The van der Waals surface area contributed by atoms with Gasteiger partial charge in [0, 0.05) is 4.47 Å². The SMILES string of the molecule is O=C1NC2(CCCC2)C(=O)N1C[C@@H](O)COc1ccc(Br)cc1. The Balaban J connectivity index is 1.55. The van der Waals surface area contributed by atoms with Crippen molar-refractivity contribution in [1.29, 1.82) is 0 Å². The summed E-state index contributed by atoms with van der Waals surface area (Å²) in [5, 5.41) is 12.9. The standard InChI is InChI=1S/C16H19BrN2O4/c17-11-3-5-13(6-4-11)23-10-12(20)9-19-14(21)16(18-15(19)22)7-1-2-8-16/h3-6,12,20H,1-2,7-10H2,(H,18,22)/t12-/m1/s1. The first-order valence-corrected chi connectivity index (χ1v) is 8.50. The molecule has 0 unspecified atom stereocenters. The summed E-state index contributed by atoms with van der Waals surface area (Å²) in [5.41, 5.74) is -0.733. The Morgan fingerprint density at radius 1 is 1.26 bits per heavy atom. The van der Waals surface area contributed by atoms with Crippen molar-refractivity contribution in [2.75, 3.05) is 13.2 Å². The van der Waals surface area contributed by atoms with Gasteiger partial charge in [0.25, 0.3) is 5.91 Å². The number of carbonyl (C=O) groups is 2. The van der Waals surface area contributed by atoms with Gasteiger partial charge in [-0.3, -0.25) is 9.69 Å². The molecule has 1 aromatic carbocycles. The largest absolute Gasteiger partial charge is 0.491 e. The molecule has 0 bridgehead atoms. The van der Waals surface area contributed by atoms with Crippen LogP contribution in [0.5, 0.6) is 5.75 Å². The minimum Gasteiger partial charge on any atom is -0.491 e. The Morgan fingerprint density at radius 3 is 2.57 bits per heavy atom. The summed E-state index contributed by atoms with van der Waals surface area (Å²) in [5.74, 6) is 0.402. The minimum absolute atomic E-state index is 0.0195. The van der Waals surface area contributed by atoms with E-state index in [9.17, 15) is 14.7 Å². The summed E-state index contributed by atoms with van der Waals surface area (Å²) in [6.07, 6.45) is 2.31. The lowest BCUT2D eigenvalue weighted by Crippen LogP contribution is -2.45. The summed E-state index contributed by atoms with van der Waals surface area (Å²) in [6, 6.07) is 6.81. The first-order valence-electron chi connectivity index (χ1n) is 7.71. The van der Waals surface area contributed by atoms with Gasteiger partial charge < -0.3 is 15.2 Å². The zero-order valence-electron chi connectivity index (χ0n) is 12.6. The highest BCUT2D eigenvalue weighted by molar-refractivity contribution is 9.10. The molecular weight excluding hydrogens is 364 g/mol. The zero-order valence-corrected chi connectivity index (χ0v) is 14.2. The molecule has 1 aliphatic heterocycles. The summed E-state index contributed by atoms with van der Waals surface area (Å²) in [4.78, 5) is 25.6. The molecule has 1 saturated heterocycles. The predicted molar refractivity (Wildman–Crippen MR) is 87.1 cm³/mol. The van der Waals surface area contributed by atoms with Gasteiger partial charge in [-0.1, -0.05) is 28.8 Å². The van der Waals surface area contributed by atoms with Gasteiger partial charge in [-0.15, -0.1) is 0 Å². The molecular formula is C16H19BrN2O4. The molecule has 23 heavy (non-hydrogen) atoms. The molecule has 7 heteroatoms. The van der Waals surface area contributed by atoms with E-state index in [1.54, 1.807) is 12.1 Å². The fraction of sp³-hybridized carbons (Fsp3) is 0.500.